The molecule has 8 nitrogen and oxygen atoms in total. The average Bonchev–Trinajstić information content (AvgIpc) is 2.55. The van der Waals surface area contributed by atoms with E-state index in [1.807, 2.05) is 11.9 Å². The molecule has 1 aromatic rings. The number of benzene rings is 1. The SMILES string of the molecule is COc1ccc(NC(=O)CN(C)CC2CCCCO2)c([N+](=O)[O-])c1. The van der Waals surface area contributed by atoms with Crippen LogP contribution in [-0.4, -0.2) is 55.7 Å². The number of hydrogen-bond donors (Lipinski definition) is 1. The summed E-state index contributed by atoms with van der Waals surface area (Å²) in [5.74, 6) is 0.0628. The number of carbonyl (C=O) groups is 1. The van der Waals surface area contributed by atoms with Crippen molar-refractivity contribution in [3.05, 3.63) is 28.3 Å². The third-order valence-corrected chi connectivity index (χ3v) is 3.88. The van der Waals surface area contributed by atoms with Gasteiger partial charge in [-0.25, -0.2) is 0 Å². The van der Waals surface area contributed by atoms with Crippen molar-refractivity contribution in [2.45, 2.75) is 25.4 Å². The van der Waals surface area contributed by atoms with E-state index in [2.05, 4.69) is 5.32 Å². The molecule has 1 fully saturated rings. The molecule has 1 aliphatic heterocycles. The van der Waals surface area contributed by atoms with Crippen LogP contribution in [0.5, 0.6) is 5.75 Å². The number of hydrogen-bond acceptors (Lipinski definition) is 6. The van der Waals surface area contributed by atoms with Crippen molar-refractivity contribution in [1.82, 2.24) is 4.90 Å². The molecule has 0 radical (unpaired) electrons. The summed E-state index contributed by atoms with van der Waals surface area (Å²) in [6.45, 7) is 1.57. The van der Waals surface area contributed by atoms with Gasteiger partial charge >= 0.3 is 0 Å². The predicted octanol–water partition coefficient (Wildman–Crippen LogP) is 2.04. The molecule has 1 aliphatic rings. The van der Waals surface area contributed by atoms with Crippen LogP contribution in [0.3, 0.4) is 0 Å². The highest BCUT2D eigenvalue weighted by Gasteiger charge is 2.20. The van der Waals surface area contributed by atoms with Crippen LogP contribution in [0.1, 0.15) is 19.3 Å². The van der Waals surface area contributed by atoms with Crippen LogP contribution in [0.4, 0.5) is 11.4 Å². The number of methoxy groups -OCH3 is 1. The molecule has 1 atom stereocenters. The van der Waals surface area contributed by atoms with Gasteiger partial charge in [0.1, 0.15) is 11.4 Å². The second kappa shape index (κ2) is 8.60. The topological polar surface area (TPSA) is 93.9 Å². The first kappa shape index (κ1) is 18.2. The van der Waals surface area contributed by atoms with Gasteiger partial charge in [0.2, 0.25) is 5.91 Å². The monoisotopic (exact) mass is 337 g/mol. The van der Waals surface area contributed by atoms with Gasteiger partial charge in [-0.15, -0.1) is 0 Å². The fraction of sp³-hybridized carbons (Fsp3) is 0.562. The van der Waals surface area contributed by atoms with Crippen LogP contribution in [0, 0.1) is 10.1 Å². The Morgan fingerprint density at radius 2 is 2.29 bits per heavy atom. The van der Waals surface area contributed by atoms with Crippen LogP contribution >= 0.6 is 0 Å². The molecule has 0 saturated carbocycles. The Morgan fingerprint density at radius 1 is 1.50 bits per heavy atom. The molecule has 1 N–H and O–H groups in total. The second-order valence-electron chi connectivity index (χ2n) is 5.87. The number of anilines is 1. The van der Waals surface area contributed by atoms with Crippen LogP contribution < -0.4 is 10.1 Å². The minimum Gasteiger partial charge on any atom is -0.496 e. The maximum atomic E-state index is 12.1. The molecule has 8 heteroatoms. The first-order valence-electron chi connectivity index (χ1n) is 7.92. The lowest BCUT2D eigenvalue weighted by Gasteiger charge is -2.27. The lowest BCUT2D eigenvalue weighted by atomic mass is 10.1. The van der Waals surface area contributed by atoms with E-state index in [9.17, 15) is 14.9 Å². The lowest BCUT2D eigenvalue weighted by Crippen LogP contribution is -2.37. The van der Waals surface area contributed by atoms with Gasteiger partial charge in [-0.3, -0.25) is 19.8 Å². The summed E-state index contributed by atoms with van der Waals surface area (Å²) in [6, 6.07) is 4.33. The first-order valence-corrected chi connectivity index (χ1v) is 7.92. The number of rotatable bonds is 7. The average molecular weight is 337 g/mol. The molecule has 1 saturated heterocycles. The van der Waals surface area contributed by atoms with E-state index < -0.39 is 4.92 Å². The smallest absolute Gasteiger partial charge is 0.296 e. The van der Waals surface area contributed by atoms with Gasteiger partial charge in [0.05, 0.1) is 30.7 Å². The lowest BCUT2D eigenvalue weighted by molar-refractivity contribution is -0.384. The van der Waals surface area contributed by atoms with E-state index in [-0.39, 0.29) is 29.9 Å². The molecular formula is C16H23N3O5. The zero-order chi connectivity index (χ0) is 17.5. The van der Waals surface area contributed by atoms with Crippen molar-refractivity contribution in [2.24, 2.45) is 0 Å². The third-order valence-electron chi connectivity index (χ3n) is 3.88. The number of nitro benzene ring substituents is 1. The Kier molecular flexibility index (Phi) is 6.51. The Balaban J connectivity index is 1.92. The van der Waals surface area contributed by atoms with E-state index in [0.717, 1.165) is 25.9 Å². The number of nitro groups is 1. The van der Waals surface area contributed by atoms with Gasteiger partial charge in [0.15, 0.2) is 0 Å². The third kappa shape index (κ3) is 5.17. The van der Waals surface area contributed by atoms with Crippen LogP contribution in [0.25, 0.3) is 0 Å². The zero-order valence-corrected chi connectivity index (χ0v) is 14.0. The summed E-state index contributed by atoms with van der Waals surface area (Å²) < 4.78 is 10.6. The molecule has 0 aliphatic carbocycles. The van der Waals surface area contributed by atoms with E-state index >= 15 is 0 Å². The van der Waals surface area contributed by atoms with Crippen molar-refractivity contribution in [2.75, 3.05) is 39.2 Å². The van der Waals surface area contributed by atoms with Crippen LogP contribution in [-0.2, 0) is 9.53 Å². The quantitative estimate of drug-likeness (QED) is 0.604. The van der Waals surface area contributed by atoms with Crippen LogP contribution in [0.15, 0.2) is 18.2 Å². The molecule has 24 heavy (non-hydrogen) atoms. The number of ether oxygens (including phenoxy) is 2. The maximum Gasteiger partial charge on any atom is 0.296 e. The maximum absolute atomic E-state index is 12.1. The zero-order valence-electron chi connectivity index (χ0n) is 14.0. The number of amides is 1. The van der Waals surface area contributed by atoms with Crippen molar-refractivity contribution in [1.29, 1.82) is 0 Å². The molecule has 1 amide bonds. The molecule has 1 unspecified atom stereocenters. The Labute approximate surface area is 140 Å². The van der Waals surface area contributed by atoms with Gasteiger partial charge < -0.3 is 14.8 Å². The Bertz CT molecular complexity index is 587. The molecule has 0 aromatic heterocycles. The van der Waals surface area contributed by atoms with E-state index in [1.165, 1.54) is 19.2 Å². The van der Waals surface area contributed by atoms with Crippen LogP contribution in [0.2, 0.25) is 0 Å². The fourth-order valence-electron chi connectivity index (χ4n) is 2.69. The summed E-state index contributed by atoms with van der Waals surface area (Å²) in [5, 5.41) is 13.7. The van der Waals surface area contributed by atoms with Gasteiger partial charge in [-0.05, 0) is 38.4 Å². The van der Waals surface area contributed by atoms with Gasteiger partial charge in [-0.1, -0.05) is 0 Å². The summed E-state index contributed by atoms with van der Waals surface area (Å²) in [4.78, 5) is 24.6. The number of nitrogens with zero attached hydrogens (tertiary/aromatic N) is 2. The molecule has 1 heterocycles. The van der Waals surface area contributed by atoms with Crippen molar-refractivity contribution < 1.29 is 19.2 Å². The Hall–Kier alpha value is -2.19. The van der Waals surface area contributed by atoms with E-state index in [0.29, 0.717) is 12.3 Å². The first-order chi connectivity index (χ1) is 11.5. The van der Waals surface area contributed by atoms with Crippen molar-refractivity contribution in [3.8, 4) is 5.75 Å². The minimum atomic E-state index is -0.544. The van der Waals surface area contributed by atoms with E-state index in [4.69, 9.17) is 9.47 Å². The van der Waals surface area contributed by atoms with E-state index in [1.54, 1.807) is 6.07 Å². The standard InChI is InChI=1S/C16H23N3O5/c1-18(10-13-5-3-4-8-24-13)11-16(20)17-14-7-6-12(23-2)9-15(14)19(21)22/h6-7,9,13H,3-5,8,10-11H2,1-2H3,(H,17,20). The highest BCUT2D eigenvalue weighted by atomic mass is 16.6. The summed E-state index contributed by atoms with van der Waals surface area (Å²) >= 11 is 0. The fourth-order valence-corrected chi connectivity index (χ4v) is 2.69. The summed E-state index contributed by atoms with van der Waals surface area (Å²) in [5.41, 5.74) is -0.0333. The number of likely N-dealkylation sites (N-methyl/N-ethyl adjacent to an activating group) is 1. The van der Waals surface area contributed by atoms with Gasteiger partial charge in [0, 0.05) is 13.2 Å². The second-order valence-corrected chi connectivity index (χ2v) is 5.87. The molecular weight excluding hydrogens is 314 g/mol. The van der Waals surface area contributed by atoms with Crippen molar-refractivity contribution in [3.63, 3.8) is 0 Å². The normalized spacial score (nSPS) is 17.5. The number of carbonyl (C=O) groups excluding carboxylic acids is 1. The highest BCUT2D eigenvalue weighted by Crippen LogP contribution is 2.28. The van der Waals surface area contributed by atoms with Gasteiger partial charge in [0.25, 0.3) is 5.69 Å². The van der Waals surface area contributed by atoms with Crippen molar-refractivity contribution >= 4 is 17.3 Å². The molecule has 0 spiro atoms. The molecule has 2 rings (SSSR count). The number of nitrogens with one attached hydrogen (secondary N) is 1. The Morgan fingerprint density at radius 3 is 2.92 bits per heavy atom. The highest BCUT2D eigenvalue weighted by molar-refractivity contribution is 5.94. The predicted molar refractivity (Wildman–Crippen MR) is 89.4 cm³/mol. The minimum absolute atomic E-state index is 0.142. The van der Waals surface area contributed by atoms with Gasteiger partial charge in [-0.2, -0.15) is 0 Å². The molecule has 132 valence electrons. The molecule has 0 bridgehead atoms. The molecule has 1 aromatic carbocycles. The largest absolute Gasteiger partial charge is 0.496 e. The summed E-state index contributed by atoms with van der Waals surface area (Å²) in [6.07, 6.45) is 3.37. The summed E-state index contributed by atoms with van der Waals surface area (Å²) in [7, 11) is 3.26.